The van der Waals surface area contributed by atoms with Gasteiger partial charge in [-0.2, -0.15) is 0 Å². The highest BCUT2D eigenvalue weighted by Crippen LogP contribution is 2.22. The molecule has 0 saturated carbocycles. The van der Waals surface area contributed by atoms with Crippen LogP contribution in [0, 0.1) is 19.8 Å². The lowest BCUT2D eigenvalue weighted by atomic mass is 9.99. The molecule has 3 nitrogen and oxygen atoms in total. The van der Waals surface area contributed by atoms with Crippen molar-refractivity contribution in [3.8, 4) is 0 Å². The molecule has 1 aliphatic rings. The molecular formula is C15H22N2OS. The minimum atomic E-state index is 0.252. The summed E-state index contributed by atoms with van der Waals surface area (Å²) in [5.41, 5.74) is 3.52. The van der Waals surface area contributed by atoms with Crippen LogP contribution in [0.3, 0.4) is 0 Å². The number of hydrogen-bond acceptors (Lipinski definition) is 2. The van der Waals surface area contributed by atoms with Crippen LogP contribution in [0.5, 0.6) is 0 Å². The second-order valence-corrected chi connectivity index (χ2v) is 5.72. The lowest BCUT2D eigenvalue weighted by molar-refractivity contribution is 0.162. The van der Waals surface area contributed by atoms with Gasteiger partial charge in [0.05, 0.1) is 0 Å². The Labute approximate surface area is 120 Å². The summed E-state index contributed by atoms with van der Waals surface area (Å²) in [6.45, 7) is 6.26. The molecular weight excluding hydrogens is 256 g/mol. The number of aliphatic hydroxyl groups excluding tert-OH is 1. The monoisotopic (exact) mass is 278 g/mol. The first-order chi connectivity index (χ1) is 9.11. The molecule has 1 aliphatic heterocycles. The molecule has 1 saturated heterocycles. The van der Waals surface area contributed by atoms with E-state index in [2.05, 4.69) is 42.3 Å². The summed E-state index contributed by atoms with van der Waals surface area (Å²) < 4.78 is 0. The smallest absolute Gasteiger partial charge is 0.173 e. The van der Waals surface area contributed by atoms with E-state index in [-0.39, 0.29) is 6.61 Å². The number of nitrogens with zero attached hydrogens (tertiary/aromatic N) is 1. The van der Waals surface area contributed by atoms with E-state index in [0.29, 0.717) is 5.92 Å². The number of aliphatic hydroxyl groups is 1. The van der Waals surface area contributed by atoms with Crippen molar-refractivity contribution in [2.75, 3.05) is 25.0 Å². The highest BCUT2D eigenvalue weighted by atomic mass is 32.1. The van der Waals surface area contributed by atoms with Crippen LogP contribution in [0.25, 0.3) is 0 Å². The molecule has 1 fully saturated rings. The van der Waals surface area contributed by atoms with Crippen molar-refractivity contribution < 1.29 is 5.11 Å². The summed E-state index contributed by atoms with van der Waals surface area (Å²) in [6.07, 6.45) is 2.19. The molecule has 0 aliphatic carbocycles. The number of hydrogen-bond donors (Lipinski definition) is 2. The predicted molar refractivity (Wildman–Crippen MR) is 83.5 cm³/mol. The number of piperidine rings is 1. The largest absolute Gasteiger partial charge is 0.396 e. The molecule has 2 N–H and O–H groups in total. The zero-order valence-corrected chi connectivity index (χ0v) is 12.5. The van der Waals surface area contributed by atoms with E-state index < -0.39 is 0 Å². The number of anilines is 1. The maximum atomic E-state index is 9.28. The molecule has 1 atom stereocenters. The molecule has 1 unspecified atom stereocenters. The average Bonchev–Trinajstić information content (AvgIpc) is 2.43. The van der Waals surface area contributed by atoms with Crippen molar-refractivity contribution in [2.24, 2.45) is 5.92 Å². The maximum absolute atomic E-state index is 9.28. The van der Waals surface area contributed by atoms with Crippen LogP contribution in [0.2, 0.25) is 0 Å². The van der Waals surface area contributed by atoms with Crippen LogP contribution in [0.1, 0.15) is 24.0 Å². The Bertz CT molecular complexity index is 441. The molecule has 1 aromatic rings. The van der Waals surface area contributed by atoms with Crippen molar-refractivity contribution in [3.05, 3.63) is 29.3 Å². The van der Waals surface area contributed by atoms with E-state index in [1.165, 1.54) is 11.1 Å². The van der Waals surface area contributed by atoms with Gasteiger partial charge < -0.3 is 15.3 Å². The second kappa shape index (κ2) is 6.35. The van der Waals surface area contributed by atoms with Gasteiger partial charge in [-0.3, -0.25) is 0 Å². The number of rotatable bonds is 2. The van der Waals surface area contributed by atoms with Gasteiger partial charge in [0.1, 0.15) is 0 Å². The molecule has 1 heterocycles. The maximum Gasteiger partial charge on any atom is 0.173 e. The van der Waals surface area contributed by atoms with E-state index >= 15 is 0 Å². The zero-order valence-electron chi connectivity index (χ0n) is 11.6. The van der Waals surface area contributed by atoms with Gasteiger partial charge in [0.25, 0.3) is 0 Å². The van der Waals surface area contributed by atoms with Crippen LogP contribution in [-0.2, 0) is 0 Å². The molecule has 0 amide bonds. The lowest BCUT2D eigenvalue weighted by Crippen LogP contribution is -2.43. The molecule has 1 aromatic carbocycles. The molecule has 0 spiro atoms. The Kier molecular flexibility index (Phi) is 4.77. The number of thiocarbonyl (C=S) groups is 1. The van der Waals surface area contributed by atoms with Gasteiger partial charge in [-0.25, -0.2) is 0 Å². The van der Waals surface area contributed by atoms with Crippen molar-refractivity contribution in [3.63, 3.8) is 0 Å². The molecule has 0 bridgehead atoms. The van der Waals surface area contributed by atoms with E-state index in [0.717, 1.165) is 36.7 Å². The first-order valence-electron chi connectivity index (χ1n) is 6.85. The van der Waals surface area contributed by atoms with Crippen LogP contribution >= 0.6 is 12.2 Å². The Morgan fingerprint density at radius 1 is 1.42 bits per heavy atom. The van der Waals surface area contributed by atoms with Gasteiger partial charge in [0.2, 0.25) is 0 Å². The van der Waals surface area contributed by atoms with Crippen molar-refractivity contribution in [2.45, 2.75) is 26.7 Å². The summed E-state index contributed by atoms with van der Waals surface area (Å²) >= 11 is 5.51. The fraction of sp³-hybridized carbons (Fsp3) is 0.533. The van der Waals surface area contributed by atoms with Gasteiger partial charge >= 0.3 is 0 Å². The number of nitrogens with one attached hydrogen (secondary N) is 1. The van der Waals surface area contributed by atoms with Crippen LogP contribution < -0.4 is 5.32 Å². The number of aryl methyl sites for hydroxylation is 2. The summed E-state index contributed by atoms with van der Waals surface area (Å²) in [5, 5.41) is 13.4. The summed E-state index contributed by atoms with van der Waals surface area (Å²) in [7, 11) is 0. The van der Waals surface area contributed by atoms with E-state index in [9.17, 15) is 5.11 Å². The minimum Gasteiger partial charge on any atom is -0.396 e. The lowest BCUT2D eigenvalue weighted by Gasteiger charge is -2.34. The van der Waals surface area contributed by atoms with Crippen LogP contribution in [-0.4, -0.2) is 34.8 Å². The summed E-state index contributed by atoms with van der Waals surface area (Å²) in [6, 6.07) is 6.23. The number of benzene rings is 1. The fourth-order valence-corrected chi connectivity index (χ4v) is 2.86. The SMILES string of the molecule is Cc1cccc(C)c1NC(=S)N1CCCC(CO)C1. The highest BCUT2D eigenvalue weighted by Gasteiger charge is 2.21. The van der Waals surface area contributed by atoms with E-state index in [1.807, 2.05) is 0 Å². The quantitative estimate of drug-likeness (QED) is 0.815. The number of para-hydroxylation sites is 1. The third kappa shape index (κ3) is 3.45. The minimum absolute atomic E-state index is 0.252. The first-order valence-corrected chi connectivity index (χ1v) is 7.25. The third-order valence-corrected chi connectivity index (χ3v) is 4.14. The molecule has 0 aromatic heterocycles. The molecule has 0 radical (unpaired) electrons. The van der Waals surface area contributed by atoms with Gasteiger partial charge in [0.15, 0.2) is 5.11 Å². The fourth-order valence-electron chi connectivity index (χ4n) is 2.60. The molecule has 19 heavy (non-hydrogen) atoms. The first kappa shape index (κ1) is 14.3. The van der Waals surface area contributed by atoms with Crippen molar-refractivity contribution >= 4 is 23.0 Å². The van der Waals surface area contributed by atoms with Gasteiger partial charge in [0, 0.05) is 25.4 Å². The standard InChI is InChI=1S/C15H22N2OS/c1-11-5-3-6-12(2)14(11)16-15(19)17-8-4-7-13(9-17)10-18/h3,5-6,13,18H,4,7-10H2,1-2H3,(H,16,19). The summed E-state index contributed by atoms with van der Waals surface area (Å²) in [5.74, 6) is 0.353. The summed E-state index contributed by atoms with van der Waals surface area (Å²) in [4.78, 5) is 2.17. The highest BCUT2D eigenvalue weighted by molar-refractivity contribution is 7.80. The van der Waals surface area contributed by atoms with Gasteiger partial charge in [-0.1, -0.05) is 18.2 Å². The second-order valence-electron chi connectivity index (χ2n) is 5.33. The number of likely N-dealkylation sites (tertiary alicyclic amines) is 1. The third-order valence-electron chi connectivity index (χ3n) is 3.78. The Hall–Kier alpha value is -1.13. The average molecular weight is 278 g/mol. The van der Waals surface area contributed by atoms with Crippen molar-refractivity contribution in [1.29, 1.82) is 0 Å². The molecule has 2 rings (SSSR count). The normalized spacial score (nSPS) is 19.3. The van der Waals surface area contributed by atoms with Gasteiger partial charge in [-0.05, 0) is 56.0 Å². The molecule has 4 heteroatoms. The molecule has 104 valence electrons. The topological polar surface area (TPSA) is 35.5 Å². The van der Waals surface area contributed by atoms with Crippen LogP contribution in [0.4, 0.5) is 5.69 Å². The Balaban J connectivity index is 2.04. The predicted octanol–water partition coefficient (Wildman–Crippen LogP) is 2.70. The Morgan fingerprint density at radius 2 is 2.11 bits per heavy atom. The van der Waals surface area contributed by atoms with Crippen molar-refractivity contribution in [1.82, 2.24) is 4.90 Å². The zero-order chi connectivity index (χ0) is 13.8. The van der Waals surface area contributed by atoms with Gasteiger partial charge in [-0.15, -0.1) is 0 Å². The van der Waals surface area contributed by atoms with Crippen LogP contribution in [0.15, 0.2) is 18.2 Å². The van der Waals surface area contributed by atoms with E-state index in [1.54, 1.807) is 0 Å². The van der Waals surface area contributed by atoms with E-state index in [4.69, 9.17) is 12.2 Å². The Morgan fingerprint density at radius 3 is 2.74 bits per heavy atom.